The molecule has 1 heteroatoms. The van der Waals surface area contributed by atoms with Crippen molar-refractivity contribution in [3.63, 3.8) is 0 Å². The summed E-state index contributed by atoms with van der Waals surface area (Å²) in [5, 5.41) is 15.7. The molecular weight excluding hydrogens is 893 g/mol. The van der Waals surface area contributed by atoms with Crippen LogP contribution in [0.25, 0.3) is 149 Å². The minimum Gasteiger partial charge on any atom is -0.456 e. The van der Waals surface area contributed by atoms with Crippen LogP contribution >= 0.6 is 0 Å². The average Bonchev–Trinajstić information content (AvgIpc) is 3.83. The minimum absolute atomic E-state index is 0.752. The molecule has 13 aromatic carbocycles. The summed E-state index contributed by atoms with van der Waals surface area (Å²) in [6, 6.07) is 90.8. The van der Waals surface area contributed by atoms with Crippen molar-refractivity contribution in [3.8, 4) is 55.6 Å². The molecule has 0 radical (unpaired) electrons. The zero-order valence-electron chi connectivity index (χ0n) is 40.9. The first-order chi connectivity index (χ1) is 36.6. The first-order valence-electron chi connectivity index (χ1n) is 25.5. The number of furan rings is 1. The Kier molecular flexibility index (Phi) is 10.3. The van der Waals surface area contributed by atoms with Crippen LogP contribution in [-0.2, 0) is 0 Å². The second-order valence-corrected chi connectivity index (χ2v) is 19.4. The quantitative estimate of drug-likeness (QED) is 0.138. The van der Waals surface area contributed by atoms with Gasteiger partial charge in [0, 0.05) is 10.9 Å². The molecule has 0 amide bonds. The maximum atomic E-state index is 6.83. The maximum Gasteiger partial charge on any atom is 0.136 e. The Morgan fingerprint density at radius 1 is 0.324 bits per heavy atom. The predicted molar refractivity (Wildman–Crippen MR) is 319 cm³/mol. The molecule has 1 nitrogen and oxygen atoms in total. The summed E-state index contributed by atoms with van der Waals surface area (Å²) in [5.74, 6) is 0.752. The standard InChI is InChI=1S/C73H48O/c1-3-68-67(44-46(2)70-57-30-14-18-34-61(57)72(62-35-19-15-31-58(62)70)65-42-40-50(47-22-6-4-7-23-47)52-26-10-12-28-54(52)65)56-39-38-49(45-69(56)74-68)71-59-32-16-20-36-63(59)73(64-37-21-17-33-60(64)71)66-43-41-51(48-24-8-5-9-25-48)53-27-11-13-29-55(53)66/h3-45H,1H2,2H3/b46-44+. The van der Waals surface area contributed by atoms with Crippen molar-refractivity contribution >= 4 is 93.3 Å². The molecule has 346 valence electrons. The van der Waals surface area contributed by atoms with Crippen molar-refractivity contribution < 1.29 is 4.42 Å². The van der Waals surface area contributed by atoms with Crippen molar-refractivity contribution in [2.24, 2.45) is 0 Å². The molecule has 0 aliphatic rings. The fourth-order valence-electron chi connectivity index (χ4n) is 12.2. The lowest BCUT2D eigenvalue weighted by Gasteiger charge is -2.20. The zero-order chi connectivity index (χ0) is 49.3. The third-order valence-corrected chi connectivity index (χ3v) is 15.4. The first kappa shape index (κ1) is 43.2. The van der Waals surface area contributed by atoms with Gasteiger partial charge in [-0.25, -0.2) is 0 Å². The largest absolute Gasteiger partial charge is 0.456 e. The predicted octanol–water partition coefficient (Wildman–Crippen LogP) is 20.9. The molecule has 0 bridgehead atoms. The van der Waals surface area contributed by atoms with Gasteiger partial charge in [-0.1, -0.05) is 243 Å². The molecule has 1 aromatic heterocycles. The number of benzene rings is 13. The van der Waals surface area contributed by atoms with E-state index in [2.05, 4.69) is 268 Å². The summed E-state index contributed by atoms with van der Waals surface area (Å²) < 4.78 is 6.83. The van der Waals surface area contributed by atoms with Gasteiger partial charge in [0.05, 0.1) is 0 Å². The highest BCUT2D eigenvalue weighted by molar-refractivity contribution is 6.26. The molecule has 0 saturated carbocycles. The van der Waals surface area contributed by atoms with Crippen molar-refractivity contribution in [1.29, 1.82) is 0 Å². The van der Waals surface area contributed by atoms with Crippen LogP contribution in [0.15, 0.2) is 260 Å². The van der Waals surface area contributed by atoms with E-state index in [9.17, 15) is 0 Å². The fraction of sp³-hybridized carbons (Fsp3) is 0.0137. The SMILES string of the molecule is C=Cc1oc2cc(-c3c4ccccc4c(-c4ccc(-c5ccccc5)c5ccccc45)c4ccccc34)ccc2c1/C=C(\C)c1c2ccccc2c(-c2ccc(-c3ccccc3)c3ccccc23)c2ccccc12. The maximum absolute atomic E-state index is 6.83. The molecule has 0 aliphatic heterocycles. The third-order valence-electron chi connectivity index (χ3n) is 15.4. The lowest BCUT2D eigenvalue weighted by molar-refractivity contribution is 0.603. The van der Waals surface area contributed by atoms with Gasteiger partial charge in [0.1, 0.15) is 11.3 Å². The van der Waals surface area contributed by atoms with Gasteiger partial charge in [0.15, 0.2) is 0 Å². The van der Waals surface area contributed by atoms with E-state index in [0.29, 0.717) is 0 Å². The van der Waals surface area contributed by atoms with Gasteiger partial charge in [-0.15, -0.1) is 0 Å². The Hall–Kier alpha value is -9.56. The summed E-state index contributed by atoms with van der Waals surface area (Å²) in [4.78, 5) is 0. The average molecular weight is 941 g/mol. The van der Waals surface area contributed by atoms with Gasteiger partial charge in [-0.2, -0.15) is 0 Å². The fourth-order valence-corrected chi connectivity index (χ4v) is 12.2. The summed E-state index contributed by atoms with van der Waals surface area (Å²) in [6.45, 7) is 6.53. The van der Waals surface area contributed by atoms with Crippen LogP contribution in [0.3, 0.4) is 0 Å². The zero-order valence-corrected chi connectivity index (χ0v) is 40.9. The highest BCUT2D eigenvalue weighted by atomic mass is 16.3. The Balaban J connectivity index is 0.923. The number of allylic oxidation sites excluding steroid dienone is 1. The van der Waals surface area contributed by atoms with Crippen LogP contribution in [0.1, 0.15) is 23.8 Å². The van der Waals surface area contributed by atoms with Crippen molar-refractivity contribution in [2.45, 2.75) is 6.92 Å². The number of fused-ring (bicyclic) bond motifs is 7. The van der Waals surface area contributed by atoms with Gasteiger partial charge < -0.3 is 4.42 Å². The highest BCUT2D eigenvalue weighted by Gasteiger charge is 2.23. The molecule has 74 heavy (non-hydrogen) atoms. The van der Waals surface area contributed by atoms with Crippen LogP contribution in [-0.4, -0.2) is 0 Å². The van der Waals surface area contributed by atoms with Gasteiger partial charge in [-0.05, 0) is 163 Å². The molecule has 0 saturated heterocycles. The summed E-state index contributed by atoms with van der Waals surface area (Å²) in [5.41, 5.74) is 16.4. The summed E-state index contributed by atoms with van der Waals surface area (Å²) in [6.07, 6.45) is 4.17. The highest BCUT2D eigenvalue weighted by Crippen LogP contribution is 2.49. The van der Waals surface area contributed by atoms with E-state index in [1.165, 1.54) is 120 Å². The molecule has 1 heterocycles. The van der Waals surface area contributed by atoms with Crippen LogP contribution < -0.4 is 0 Å². The molecule has 14 rings (SSSR count). The van der Waals surface area contributed by atoms with E-state index in [1.54, 1.807) is 0 Å². The molecule has 0 atom stereocenters. The van der Waals surface area contributed by atoms with Gasteiger partial charge in [0.25, 0.3) is 0 Å². The smallest absolute Gasteiger partial charge is 0.136 e. The Morgan fingerprint density at radius 3 is 1.11 bits per heavy atom. The second-order valence-electron chi connectivity index (χ2n) is 19.4. The topological polar surface area (TPSA) is 13.1 Å². The van der Waals surface area contributed by atoms with Crippen molar-refractivity contribution in [2.75, 3.05) is 0 Å². The molecule has 0 N–H and O–H groups in total. The van der Waals surface area contributed by atoms with Gasteiger partial charge in [0.2, 0.25) is 0 Å². The number of rotatable bonds is 8. The summed E-state index contributed by atoms with van der Waals surface area (Å²) in [7, 11) is 0. The Morgan fingerprint density at radius 2 is 0.676 bits per heavy atom. The van der Waals surface area contributed by atoms with Crippen LogP contribution in [0.5, 0.6) is 0 Å². The molecule has 0 unspecified atom stereocenters. The van der Waals surface area contributed by atoms with Gasteiger partial charge >= 0.3 is 0 Å². The van der Waals surface area contributed by atoms with Crippen LogP contribution in [0.2, 0.25) is 0 Å². The van der Waals surface area contributed by atoms with E-state index in [-0.39, 0.29) is 0 Å². The van der Waals surface area contributed by atoms with E-state index in [4.69, 9.17) is 4.42 Å². The lowest BCUT2D eigenvalue weighted by Crippen LogP contribution is -1.94. The van der Waals surface area contributed by atoms with E-state index >= 15 is 0 Å². The monoisotopic (exact) mass is 940 g/mol. The first-order valence-corrected chi connectivity index (χ1v) is 25.5. The van der Waals surface area contributed by atoms with E-state index in [0.717, 1.165) is 33.4 Å². The van der Waals surface area contributed by atoms with E-state index < -0.39 is 0 Å². The number of hydrogen-bond acceptors (Lipinski definition) is 1. The molecule has 14 aromatic rings. The molecular formula is C73H48O. The van der Waals surface area contributed by atoms with Crippen molar-refractivity contribution in [3.05, 3.63) is 272 Å². The molecule has 0 fully saturated rings. The minimum atomic E-state index is 0.752. The van der Waals surface area contributed by atoms with Crippen LogP contribution in [0, 0.1) is 0 Å². The Bertz CT molecular complexity index is 4490. The van der Waals surface area contributed by atoms with Crippen molar-refractivity contribution in [1.82, 2.24) is 0 Å². The molecule has 0 spiro atoms. The normalized spacial score (nSPS) is 12.0. The third kappa shape index (κ3) is 6.85. The molecule has 0 aliphatic carbocycles. The second kappa shape index (κ2) is 17.6. The summed E-state index contributed by atoms with van der Waals surface area (Å²) >= 11 is 0. The van der Waals surface area contributed by atoms with Gasteiger partial charge in [-0.3, -0.25) is 0 Å². The Labute approximate surface area is 430 Å². The van der Waals surface area contributed by atoms with Crippen LogP contribution in [0.4, 0.5) is 0 Å². The van der Waals surface area contributed by atoms with E-state index in [1.807, 2.05) is 6.08 Å². The lowest BCUT2D eigenvalue weighted by atomic mass is 9.83. The number of hydrogen-bond donors (Lipinski definition) is 0.